The Bertz CT molecular complexity index is 649. The second-order valence-corrected chi connectivity index (χ2v) is 7.30. The van der Waals surface area contributed by atoms with Crippen molar-refractivity contribution in [3.8, 4) is 5.75 Å². The number of piperazine rings is 1. The smallest absolute Gasteiger partial charge is 0.225 e. The molecule has 2 saturated heterocycles. The molecule has 0 aromatic heterocycles. The molecular formula is C20H31ClN4O3. The maximum absolute atomic E-state index is 12.9. The van der Waals surface area contributed by atoms with Gasteiger partial charge in [-0.15, -0.1) is 12.4 Å². The van der Waals surface area contributed by atoms with E-state index in [-0.39, 0.29) is 36.7 Å². The number of benzene rings is 1. The van der Waals surface area contributed by atoms with Crippen LogP contribution < -0.4 is 15.4 Å². The SMILES string of the molecule is COc1ccc(C(CC(=O)N2CCC(N3CCNCC3)C2)NC(C)=O)cc1.Cl. The van der Waals surface area contributed by atoms with Crippen molar-refractivity contribution in [3.05, 3.63) is 29.8 Å². The summed E-state index contributed by atoms with van der Waals surface area (Å²) in [5, 5.41) is 6.29. The number of amides is 2. The molecule has 2 aliphatic heterocycles. The maximum Gasteiger partial charge on any atom is 0.225 e. The molecule has 0 bridgehead atoms. The highest BCUT2D eigenvalue weighted by Crippen LogP contribution is 2.23. The fourth-order valence-corrected chi connectivity index (χ4v) is 3.95. The van der Waals surface area contributed by atoms with Crippen LogP contribution in [-0.4, -0.2) is 74.0 Å². The van der Waals surface area contributed by atoms with Crippen LogP contribution in [0.25, 0.3) is 0 Å². The molecule has 8 heteroatoms. The molecule has 28 heavy (non-hydrogen) atoms. The van der Waals surface area contributed by atoms with Gasteiger partial charge in [0.15, 0.2) is 0 Å². The summed E-state index contributed by atoms with van der Waals surface area (Å²) in [5.74, 6) is 0.719. The molecular weight excluding hydrogens is 380 g/mol. The monoisotopic (exact) mass is 410 g/mol. The van der Waals surface area contributed by atoms with E-state index in [1.165, 1.54) is 6.92 Å². The summed E-state index contributed by atoms with van der Waals surface area (Å²) in [7, 11) is 1.62. The van der Waals surface area contributed by atoms with Crippen LogP contribution in [0.2, 0.25) is 0 Å². The zero-order valence-electron chi connectivity index (χ0n) is 16.6. The van der Waals surface area contributed by atoms with Crippen LogP contribution >= 0.6 is 12.4 Å². The minimum Gasteiger partial charge on any atom is -0.497 e. The van der Waals surface area contributed by atoms with Crippen LogP contribution in [0.15, 0.2) is 24.3 Å². The minimum atomic E-state index is -0.320. The van der Waals surface area contributed by atoms with Gasteiger partial charge in [-0.3, -0.25) is 14.5 Å². The van der Waals surface area contributed by atoms with Crippen molar-refractivity contribution >= 4 is 24.2 Å². The highest BCUT2D eigenvalue weighted by molar-refractivity contribution is 5.85. The molecule has 2 amide bonds. The van der Waals surface area contributed by atoms with E-state index in [4.69, 9.17) is 4.74 Å². The van der Waals surface area contributed by atoms with Crippen LogP contribution in [0.5, 0.6) is 5.75 Å². The van der Waals surface area contributed by atoms with Gasteiger partial charge in [0.2, 0.25) is 11.8 Å². The number of hydrogen-bond acceptors (Lipinski definition) is 5. The van der Waals surface area contributed by atoms with E-state index in [2.05, 4.69) is 15.5 Å². The van der Waals surface area contributed by atoms with Crippen LogP contribution in [0, 0.1) is 0 Å². The van der Waals surface area contributed by atoms with Gasteiger partial charge in [-0.05, 0) is 24.1 Å². The van der Waals surface area contributed by atoms with E-state index in [0.29, 0.717) is 6.04 Å². The molecule has 0 saturated carbocycles. The van der Waals surface area contributed by atoms with Gasteiger partial charge in [-0.25, -0.2) is 0 Å². The number of halogens is 1. The number of hydrogen-bond donors (Lipinski definition) is 2. The molecule has 3 rings (SSSR count). The second-order valence-electron chi connectivity index (χ2n) is 7.30. The van der Waals surface area contributed by atoms with Crippen molar-refractivity contribution in [2.45, 2.75) is 31.8 Å². The Morgan fingerprint density at radius 3 is 2.50 bits per heavy atom. The summed E-state index contributed by atoms with van der Waals surface area (Å²) in [4.78, 5) is 29.0. The van der Waals surface area contributed by atoms with E-state index < -0.39 is 0 Å². The molecule has 2 unspecified atom stereocenters. The third-order valence-electron chi connectivity index (χ3n) is 5.46. The third-order valence-corrected chi connectivity index (χ3v) is 5.46. The van der Waals surface area contributed by atoms with Gasteiger partial charge < -0.3 is 20.3 Å². The molecule has 156 valence electrons. The van der Waals surface area contributed by atoms with E-state index in [1.807, 2.05) is 29.2 Å². The molecule has 1 aromatic carbocycles. The molecule has 2 fully saturated rings. The third kappa shape index (κ3) is 5.83. The van der Waals surface area contributed by atoms with Crippen molar-refractivity contribution in [2.75, 3.05) is 46.4 Å². The number of carbonyl (C=O) groups excluding carboxylic acids is 2. The first kappa shape index (κ1) is 22.5. The predicted octanol–water partition coefficient (Wildman–Crippen LogP) is 1.19. The van der Waals surface area contributed by atoms with Gasteiger partial charge in [-0.2, -0.15) is 0 Å². The highest BCUT2D eigenvalue weighted by Gasteiger charge is 2.32. The summed E-state index contributed by atoms with van der Waals surface area (Å²) >= 11 is 0. The average molecular weight is 411 g/mol. The Morgan fingerprint density at radius 2 is 1.89 bits per heavy atom. The number of ether oxygens (including phenoxy) is 1. The molecule has 1 aromatic rings. The molecule has 7 nitrogen and oxygen atoms in total. The Kier molecular flexibility index (Phi) is 8.54. The van der Waals surface area contributed by atoms with Gasteiger partial charge in [0.1, 0.15) is 5.75 Å². The summed E-state index contributed by atoms with van der Waals surface area (Å²) in [6.45, 7) is 7.20. The van der Waals surface area contributed by atoms with Crippen molar-refractivity contribution in [3.63, 3.8) is 0 Å². The molecule has 0 spiro atoms. The minimum absolute atomic E-state index is 0. The van der Waals surface area contributed by atoms with Gasteiger partial charge in [0.05, 0.1) is 19.6 Å². The highest BCUT2D eigenvalue weighted by atomic mass is 35.5. The van der Waals surface area contributed by atoms with Gasteiger partial charge in [-0.1, -0.05) is 12.1 Å². The largest absolute Gasteiger partial charge is 0.497 e. The number of methoxy groups -OCH3 is 1. The van der Waals surface area contributed by atoms with Crippen LogP contribution in [0.4, 0.5) is 0 Å². The summed E-state index contributed by atoms with van der Waals surface area (Å²) < 4.78 is 5.19. The van der Waals surface area contributed by atoms with Gasteiger partial charge >= 0.3 is 0 Å². The van der Waals surface area contributed by atoms with E-state index in [9.17, 15) is 9.59 Å². The summed E-state index contributed by atoms with van der Waals surface area (Å²) in [6.07, 6.45) is 1.30. The van der Waals surface area contributed by atoms with Crippen molar-refractivity contribution in [1.29, 1.82) is 0 Å². The van der Waals surface area contributed by atoms with Crippen molar-refractivity contribution in [1.82, 2.24) is 20.4 Å². The van der Waals surface area contributed by atoms with Crippen molar-refractivity contribution < 1.29 is 14.3 Å². The lowest BCUT2D eigenvalue weighted by atomic mass is 10.0. The first-order valence-corrected chi connectivity index (χ1v) is 9.70. The maximum atomic E-state index is 12.9. The zero-order valence-corrected chi connectivity index (χ0v) is 17.5. The zero-order chi connectivity index (χ0) is 19.2. The summed E-state index contributed by atoms with van der Waals surface area (Å²) in [6, 6.07) is 7.64. The lowest BCUT2D eigenvalue weighted by molar-refractivity contribution is -0.131. The normalized spacial score (nSPS) is 20.9. The summed E-state index contributed by atoms with van der Waals surface area (Å²) in [5.41, 5.74) is 0.914. The Morgan fingerprint density at radius 1 is 1.21 bits per heavy atom. The van der Waals surface area contributed by atoms with Crippen LogP contribution in [0.1, 0.15) is 31.4 Å². The average Bonchev–Trinajstić information content (AvgIpc) is 3.18. The molecule has 2 atom stereocenters. The van der Waals surface area contributed by atoms with Crippen LogP contribution in [-0.2, 0) is 9.59 Å². The lowest BCUT2D eigenvalue weighted by Gasteiger charge is -2.32. The number of carbonyl (C=O) groups is 2. The number of nitrogens with one attached hydrogen (secondary N) is 2. The lowest BCUT2D eigenvalue weighted by Crippen LogP contribution is -2.49. The molecule has 2 aliphatic rings. The van der Waals surface area contributed by atoms with E-state index in [1.54, 1.807) is 7.11 Å². The predicted molar refractivity (Wildman–Crippen MR) is 111 cm³/mol. The van der Waals surface area contributed by atoms with Gasteiger partial charge in [0, 0.05) is 52.2 Å². The van der Waals surface area contributed by atoms with Gasteiger partial charge in [0.25, 0.3) is 0 Å². The van der Waals surface area contributed by atoms with E-state index in [0.717, 1.165) is 57.0 Å². The molecule has 2 heterocycles. The molecule has 0 aliphatic carbocycles. The first-order chi connectivity index (χ1) is 13.1. The Labute approximate surface area is 173 Å². The molecule has 0 radical (unpaired) electrons. The Balaban J connectivity index is 0.00000280. The number of rotatable bonds is 6. The second kappa shape index (κ2) is 10.6. The number of nitrogens with zero attached hydrogens (tertiary/aromatic N) is 2. The molecule has 2 N–H and O–H groups in total. The quantitative estimate of drug-likeness (QED) is 0.737. The standard InChI is InChI=1S/C20H30N4O3.ClH/c1-15(25)22-19(16-3-5-18(27-2)6-4-16)13-20(26)24-10-7-17(14-24)23-11-8-21-9-12-23;/h3-6,17,19,21H,7-14H2,1-2H3,(H,22,25);1H. The topological polar surface area (TPSA) is 73.9 Å². The van der Waals surface area contributed by atoms with Crippen molar-refractivity contribution in [2.24, 2.45) is 0 Å². The number of likely N-dealkylation sites (tertiary alicyclic amines) is 1. The fraction of sp³-hybridized carbons (Fsp3) is 0.600. The fourth-order valence-electron chi connectivity index (χ4n) is 3.95. The van der Waals surface area contributed by atoms with Crippen LogP contribution in [0.3, 0.4) is 0 Å². The van der Waals surface area contributed by atoms with E-state index >= 15 is 0 Å². The Hall–Kier alpha value is -1.83. The first-order valence-electron chi connectivity index (χ1n) is 9.70.